The van der Waals surface area contributed by atoms with Crippen LogP contribution in [0.2, 0.25) is 0 Å². The minimum atomic E-state index is 0.117. The first-order valence-corrected chi connectivity index (χ1v) is 6.77. The molecule has 1 aromatic carbocycles. The average molecular weight is 246 g/mol. The van der Waals surface area contributed by atoms with Gasteiger partial charge >= 0.3 is 0 Å². The Morgan fingerprint density at radius 2 is 2.11 bits per heavy atom. The van der Waals surface area contributed by atoms with Gasteiger partial charge in [0, 0.05) is 6.54 Å². The monoisotopic (exact) mass is 246 g/mol. The lowest BCUT2D eigenvalue weighted by molar-refractivity contribution is -0.120. The van der Waals surface area contributed by atoms with Crippen LogP contribution in [0.1, 0.15) is 24.0 Å². The predicted octanol–water partition coefficient (Wildman–Crippen LogP) is 1.65. The average Bonchev–Trinajstić information content (AvgIpc) is 3.18. The van der Waals surface area contributed by atoms with E-state index < -0.39 is 0 Å². The number of carbonyl (C=O) groups is 1. The number of aryl methyl sites for hydroxylation is 1. The summed E-state index contributed by atoms with van der Waals surface area (Å²) < 4.78 is 0. The molecule has 1 aliphatic rings. The molecule has 1 fully saturated rings. The number of rotatable bonds is 7. The molecule has 0 spiro atoms. The fourth-order valence-electron chi connectivity index (χ4n) is 1.96. The van der Waals surface area contributed by atoms with E-state index in [1.807, 2.05) is 0 Å². The van der Waals surface area contributed by atoms with Gasteiger partial charge in [-0.2, -0.15) is 0 Å². The van der Waals surface area contributed by atoms with E-state index in [9.17, 15) is 4.79 Å². The van der Waals surface area contributed by atoms with Gasteiger partial charge in [0.15, 0.2) is 0 Å². The molecule has 2 N–H and O–H groups in total. The minimum absolute atomic E-state index is 0.117. The Morgan fingerprint density at radius 3 is 2.83 bits per heavy atom. The summed E-state index contributed by atoms with van der Waals surface area (Å²) in [5.41, 5.74) is 2.67. The second kappa shape index (κ2) is 6.55. The number of nitrogens with one attached hydrogen (secondary N) is 2. The van der Waals surface area contributed by atoms with Gasteiger partial charge in [0.2, 0.25) is 5.91 Å². The predicted molar refractivity (Wildman–Crippen MR) is 73.5 cm³/mol. The second-order valence-corrected chi connectivity index (χ2v) is 5.10. The molecule has 1 aliphatic carbocycles. The van der Waals surface area contributed by atoms with Crippen LogP contribution in [0, 0.1) is 12.8 Å². The van der Waals surface area contributed by atoms with E-state index in [-0.39, 0.29) is 5.91 Å². The van der Waals surface area contributed by atoms with E-state index in [0.29, 0.717) is 6.54 Å². The van der Waals surface area contributed by atoms with Crippen LogP contribution in [0.4, 0.5) is 0 Å². The molecule has 1 amide bonds. The Kier molecular flexibility index (Phi) is 4.76. The fraction of sp³-hybridized carbons (Fsp3) is 0.533. The summed E-state index contributed by atoms with van der Waals surface area (Å²) >= 11 is 0. The van der Waals surface area contributed by atoms with E-state index in [1.165, 1.54) is 24.0 Å². The Balaban J connectivity index is 1.57. The Labute approximate surface area is 109 Å². The number of hydrogen-bond acceptors (Lipinski definition) is 2. The highest BCUT2D eigenvalue weighted by molar-refractivity contribution is 5.77. The first-order chi connectivity index (χ1) is 8.75. The molecular weight excluding hydrogens is 224 g/mol. The van der Waals surface area contributed by atoms with E-state index >= 15 is 0 Å². The van der Waals surface area contributed by atoms with Gasteiger partial charge in [0.1, 0.15) is 0 Å². The third kappa shape index (κ3) is 4.49. The molecule has 0 saturated heterocycles. The van der Waals surface area contributed by atoms with Crippen molar-refractivity contribution in [2.45, 2.75) is 26.2 Å². The zero-order valence-electron chi connectivity index (χ0n) is 11.0. The van der Waals surface area contributed by atoms with Crippen LogP contribution < -0.4 is 10.6 Å². The van der Waals surface area contributed by atoms with E-state index in [1.54, 1.807) is 0 Å². The summed E-state index contributed by atoms with van der Waals surface area (Å²) in [6.07, 6.45) is 3.53. The normalized spacial score (nSPS) is 14.5. The third-order valence-electron chi connectivity index (χ3n) is 3.40. The maximum Gasteiger partial charge on any atom is 0.233 e. The van der Waals surface area contributed by atoms with Gasteiger partial charge in [0.05, 0.1) is 6.54 Å². The lowest BCUT2D eigenvalue weighted by Crippen LogP contribution is -2.35. The van der Waals surface area contributed by atoms with Crippen molar-refractivity contribution in [2.75, 3.05) is 19.6 Å². The zero-order valence-corrected chi connectivity index (χ0v) is 11.0. The molecule has 3 heteroatoms. The fourth-order valence-corrected chi connectivity index (χ4v) is 1.96. The second-order valence-electron chi connectivity index (χ2n) is 5.10. The summed E-state index contributed by atoms with van der Waals surface area (Å²) in [7, 11) is 0. The van der Waals surface area contributed by atoms with Crippen LogP contribution in [-0.4, -0.2) is 25.5 Å². The molecule has 0 unspecified atom stereocenters. The van der Waals surface area contributed by atoms with Crippen molar-refractivity contribution in [1.82, 2.24) is 10.6 Å². The van der Waals surface area contributed by atoms with Crippen LogP contribution in [0.5, 0.6) is 0 Å². The van der Waals surface area contributed by atoms with Crippen LogP contribution in [0.15, 0.2) is 24.3 Å². The van der Waals surface area contributed by atoms with Crippen LogP contribution in [-0.2, 0) is 11.2 Å². The summed E-state index contributed by atoms with van der Waals surface area (Å²) in [5, 5.41) is 6.15. The molecule has 0 atom stereocenters. The molecule has 1 aromatic rings. The molecule has 0 bridgehead atoms. The van der Waals surface area contributed by atoms with Gasteiger partial charge in [-0.3, -0.25) is 4.79 Å². The molecule has 0 aliphatic heterocycles. The van der Waals surface area contributed by atoms with Gasteiger partial charge in [-0.15, -0.1) is 0 Å². The van der Waals surface area contributed by atoms with Gasteiger partial charge in [-0.25, -0.2) is 0 Å². The van der Waals surface area contributed by atoms with E-state index in [2.05, 4.69) is 41.8 Å². The standard InChI is InChI=1S/C15H22N2O/c1-12-4-2-3-5-14(12)8-9-16-11-15(18)17-10-13-6-7-13/h2-5,13,16H,6-11H2,1H3,(H,17,18). The van der Waals surface area contributed by atoms with Crippen molar-refractivity contribution in [3.05, 3.63) is 35.4 Å². The molecule has 0 aromatic heterocycles. The molecule has 3 nitrogen and oxygen atoms in total. The first-order valence-electron chi connectivity index (χ1n) is 6.77. The van der Waals surface area contributed by atoms with Crippen molar-refractivity contribution >= 4 is 5.91 Å². The topological polar surface area (TPSA) is 41.1 Å². The molecule has 1 saturated carbocycles. The molecular formula is C15H22N2O. The van der Waals surface area contributed by atoms with E-state index in [0.717, 1.165) is 25.4 Å². The van der Waals surface area contributed by atoms with Crippen molar-refractivity contribution < 1.29 is 4.79 Å². The van der Waals surface area contributed by atoms with Crippen LogP contribution >= 0.6 is 0 Å². The number of amides is 1. The lowest BCUT2D eigenvalue weighted by atomic mass is 10.1. The highest BCUT2D eigenvalue weighted by Crippen LogP contribution is 2.27. The largest absolute Gasteiger partial charge is 0.355 e. The Bertz CT molecular complexity index is 399. The number of benzene rings is 1. The SMILES string of the molecule is Cc1ccccc1CCNCC(=O)NCC1CC1. The van der Waals surface area contributed by atoms with Crippen molar-refractivity contribution in [2.24, 2.45) is 5.92 Å². The third-order valence-corrected chi connectivity index (χ3v) is 3.40. The zero-order chi connectivity index (χ0) is 12.8. The van der Waals surface area contributed by atoms with Gasteiger partial charge < -0.3 is 10.6 Å². The van der Waals surface area contributed by atoms with Crippen molar-refractivity contribution in [1.29, 1.82) is 0 Å². The molecule has 0 heterocycles. The highest BCUT2D eigenvalue weighted by atomic mass is 16.1. The lowest BCUT2D eigenvalue weighted by Gasteiger charge is -2.07. The highest BCUT2D eigenvalue weighted by Gasteiger charge is 2.21. The van der Waals surface area contributed by atoms with Crippen LogP contribution in [0.3, 0.4) is 0 Å². The minimum Gasteiger partial charge on any atom is -0.355 e. The first kappa shape index (κ1) is 13.1. The number of hydrogen-bond donors (Lipinski definition) is 2. The maximum atomic E-state index is 11.5. The summed E-state index contributed by atoms with van der Waals surface area (Å²) in [5.74, 6) is 0.868. The molecule has 0 radical (unpaired) electrons. The smallest absolute Gasteiger partial charge is 0.233 e. The molecule has 2 rings (SSSR count). The Morgan fingerprint density at radius 1 is 1.33 bits per heavy atom. The number of carbonyl (C=O) groups excluding carboxylic acids is 1. The summed E-state index contributed by atoms with van der Waals surface area (Å²) in [6.45, 7) is 4.26. The van der Waals surface area contributed by atoms with Gasteiger partial charge in [-0.1, -0.05) is 24.3 Å². The quantitative estimate of drug-likeness (QED) is 0.718. The molecule has 18 heavy (non-hydrogen) atoms. The van der Waals surface area contributed by atoms with E-state index in [4.69, 9.17) is 0 Å². The summed E-state index contributed by atoms with van der Waals surface area (Å²) in [4.78, 5) is 11.5. The van der Waals surface area contributed by atoms with Crippen molar-refractivity contribution in [3.8, 4) is 0 Å². The van der Waals surface area contributed by atoms with Gasteiger partial charge in [0.25, 0.3) is 0 Å². The van der Waals surface area contributed by atoms with Gasteiger partial charge in [-0.05, 0) is 49.8 Å². The summed E-state index contributed by atoms with van der Waals surface area (Å²) in [6, 6.07) is 8.38. The van der Waals surface area contributed by atoms with Crippen molar-refractivity contribution in [3.63, 3.8) is 0 Å². The maximum absolute atomic E-state index is 11.5. The Hall–Kier alpha value is -1.35. The van der Waals surface area contributed by atoms with Crippen LogP contribution in [0.25, 0.3) is 0 Å². The molecule has 98 valence electrons.